The molecule has 2 aliphatic heterocycles. The number of nitro benzene ring substituents is 2. The summed E-state index contributed by atoms with van der Waals surface area (Å²) in [4.78, 5) is 26.5. The highest BCUT2D eigenvalue weighted by Crippen LogP contribution is 2.37. The Morgan fingerprint density at radius 3 is 1.43 bits per heavy atom. The fourth-order valence-corrected chi connectivity index (χ4v) is 6.41. The zero-order chi connectivity index (χ0) is 31.9. The Morgan fingerprint density at radius 1 is 0.630 bits per heavy atom. The molecule has 0 bridgehead atoms. The molecule has 2 heterocycles. The lowest BCUT2D eigenvalue weighted by molar-refractivity contribution is -0.385. The first-order valence-corrected chi connectivity index (χ1v) is 15.5. The first-order valence-electron chi connectivity index (χ1n) is 15.5. The fraction of sp³-hybridized carbons (Fsp3) is 0.353. The van der Waals surface area contributed by atoms with Crippen molar-refractivity contribution in [3.63, 3.8) is 0 Å². The maximum Gasteiger partial charge on any atom is 0.270 e. The molecule has 0 spiro atoms. The summed E-state index contributed by atoms with van der Waals surface area (Å²) in [7, 11) is 0. The van der Waals surface area contributed by atoms with Crippen molar-refractivity contribution in [2.45, 2.75) is 25.7 Å². The smallest absolute Gasteiger partial charge is 0.270 e. The molecule has 2 aliphatic carbocycles. The van der Waals surface area contributed by atoms with E-state index in [1.165, 1.54) is 12.1 Å². The van der Waals surface area contributed by atoms with Crippen molar-refractivity contribution in [3.8, 4) is 0 Å². The molecule has 4 aliphatic rings. The number of nitro groups is 2. The minimum absolute atomic E-state index is 0.0705. The lowest BCUT2D eigenvalue weighted by Gasteiger charge is -2.31. The van der Waals surface area contributed by atoms with Gasteiger partial charge in [-0.3, -0.25) is 20.2 Å². The Kier molecular flexibility index (Phi) is 9.75. The van der Waals surface area contributed by atoms with Crippen LogP contribution >= 0.6 is 0 Å². The van der Waals surface area contributed by atoms with E-state index in [2.05, 4.69) is 20.0 Å². The summed E-state index contributed by atoms with van der Waals surface area (Å²) in [6.45, 7) is 5.61. The van der Waals surface area contributed by atoms with E-state index in [-0.39, 0.29) is 21.2 Å². The predicted molar refractivity (Wildman–Crippen MR) is 176 cm³/mol. The number of ether oxygens (including phenoxy) is 2. The van der Waals surface area contributed by atoms with Gasteiger partial charge < -0.3 is 19.3 Å². The molecule has 0 saturated carbocycles. The maximum atomic E-state index is 11.3. The Hall–Kier alpha value is -4.94. The van der Waals surface area contributed by atoms with Crippen LogP contribution in [0.3, 0.4) is 0 Å². The topological polar surface area (TPSA) is 136 Å². The van der Waals surface area contributed by atoms with E-state index in [1.807, 2.05) is 36.7 Å². The zero-order valence-corrected chi connectivity index (χ0v) is 25.5. The monoisotopic (exact) mass is 624 g/mol. The number of morpholine rings is 2. The van der Waals surface area contributed by atoms with Crippen LogP contribution < -0.4 is 0 Å². The van der Waals surface area contributed by atoms with E-state index in [0.717, 1.165) is 96.7 Å². The molecule has 0 amide bonds. The van der Waals surface area contributed by atoms with Crippen LogP contribution in [0, 0.1) is 20.2 Å². The van der Waals surface area contributed by atoms with Crippen LogP contribution in [0.25, 0.3) is 12.2 Å². The van der Waals surface area contributed by atoms with Crippen molar-refractivity contribution in [3.05, 3.63) is 114 Å². The third-order valence-electron chi connectivity index (χ3n) is 8.54. The number of nitrogens with zero attached hydrogens (tertiary/aromatic N) is 6. The summed E-state index contributed by atoms with van der Waals surface area (Å²) in [6, 6.07) is 13.4. The Morgan fingerprint density at radius 2 is 1.04 bits per heavy atom. The molecule has 2 aromatic carbocycles. The fourth-order valence-electron chi connectivity index (χ4n) is 6.41. The van der Waals surface area contributed by atoms with E-state index >= 15 is 0 Å². The van der Waals surface area contributed by atoms with E-state index in [4.69, 9.17) is 9.47 Å². The molecule has 46 heavy (non-hydrogen) atoms. The molecule has 2 fully saturated rings. The lowest BCUT2D eigenvalue weighted by Crippen LogP contribution is -2.36. The molecular formula is C34H36N6O6. The van der Waals surface area contributed by atoms with E-state index in [9.17, 15) is 20.2 Å². The van der Waals surface area contributed by atoms with Gasteiger partial charge in [0.05, 0.1) is 48.7 Å². The second-order valence-corrected chi connectivity index (χ2v) is 11.5. The number of benzene rings is 2. The van der Waals surface area contributed by atoms with Gasteiger partial charge in [0, 0.05) is 61.8 Å². The molecule has 0 aromatic heterocycles. The van der Waals surface area contributed by atoms with E-state index in [1.54, 1.807) is 24.3 Å². The minimum atomic E-state index is -0.373. The predicted octanol–water partition coefficient (Wildman–Crippen LogP) is 5.79. The van der Waals surface area contributed by atoms with Gasteiger partial charge in [0.1, 0.15) is 0 Å². The van der Waals surface area contributed by atoms with Crippen molar-refractivity contribution in [1.82, 2.24) is 9.80 Å². The number of non-ortho nitro benzene ring substituents is 2. The molecule has 2 saturated heterocycles. The highest BCUT2D eigenvalue weighted by molar-refractivity contribution is 5.86. The van der Waals surface area contributed by atoms with Crippen LogP contribution in [0.4, 0.5) is 11.4 Å². The molecule has 238 valence electrons. The summed E-state index contributed by atoms with van der Waals surface area (Å²) in [5, 5.41) is 31.7. The summed E-state index contributed by atoms with van der Waals surface area (Å²) in [5.74, 6) is 0. The Labute approximate surface area is 267 Å². The third kappa shape index (κ3) is 7.30. The normalized spacial score (nSPS) is 21.1. The number of hydrogen-bond acceptors (Lipinski definition) is 10. The van der Waals surface area contributed by atoms with Crippen molar-refractivity contribution >= 4 is 36.0 Å². The second kappa shape index (κ2) is 14.4. The van der Waals surface area contributed by atoms with Gasteiger partial charge in [-0.2, -0.15) is 10.2 Å². The minimum Gasteiger partial charge on any atom is -0.378 e. The first-order chi connectivity index (χ1) is 22.5. The summed E-state index contributed by atoms with van der Waals surface area (Å²) in [6.07, 6.45) is 10.9. The number of allylic oxidation sites excluding steroid dienone is 4. The highest BCUT2D eigenvalue weighted by Gasteiger charge is 2.27. The average Bonchev–Trinajstić information content (AvgIpc) is 3.67. The average molecular weight is 625 g/mol. The van der Waals surface area contributed by atoms with Crippen LogP contribution in [0.5, 0.6) is 0 Å². The second-order valence-electron chi connectivity index (χ2n) is 11.5. The molecule has 0 unspecified atom stereocenters. The van der Waals surface area contributed by atoms with Crippen molar-refractivity contribution < 1.29 is 19.3 Å². The van der Waals surface area contributed by atoms with Gasteiger partial charge in [-0.15, -0.1) is 0 Å². The van der Waals surface area contributed by atoms with Crippen LogP contribution in [0.2, 0.25) is 0 Å². The molecule has 12 nitrogen and oxygen atoms in total. The van der Waals surface area contributed by atoms with Gasteiger partial charge in [-0.1, -0.05) is 24.3 Å². The molecule has 12 heteroatoms. The molecule has 2 aromatic rings. The number of rotatable bonds is 9. The summed E-state index contributed by atoms with van der Waals surface area (Å²) in [5.41, 5.74) is 8.34. The number of hydrogen-bond donors (Lipinski definition) is 0. The first kappa shape index (κ1) is 31.1. The van der Waals surface area contributed by atoms with Crippen molar-refractivity contribution in [2.24, 2.45) is 10.2 Å². The van der Waals surface area contributed by atoms with Crippen LogP contribution in [0.1, 0.15) is 36.8 Å². The maximum absolute atomic E-state index is 11.3. The van der Waals surface area contributed by atoms with Crippen molar-refractivity contribution in [1.29, 1.82) is 0 Å². The molecule has 0 atom stereocenters. The molecular weight excluding hydrogens is 588 g/mol. The van der Waals surface area contributed by atoms with Gasteiger partial charge in [0.15, 0.2) is 0 Å². The van der Waals surface area contributed by atoms with Gasteiger partial charge in [0.2, 0.25) is 0 Å². The summed E-state index contributed by atoms with van der Waals surface area (Å²) >= 11 is 0. The van der Waals surface area contributed by atoms with Gasteiger partial charge >= 0.3 is 0 Å². The van der Waals surface area contributed by atoms with Crippen LogP contribution in [0.15, 0.2) is 92.4 Å². The van der Waals surface area contributed by atoms with Crippen LogP contribution in [-0.4, -0.2) is 84.7 Å². The molecule has 0 N–H and O–H groups in total. The van der Waals surface area contributed by atoms with Gasteiger partial charge in [0.25, 0.3) is 11.4 Å². The van der Waals surface area contributed by atoms with E-state index in [0.29, 0.717) is 26.4 Å². The van der Waals surface area contributed by atoms with Crippen LogP contribution in [-0.2, 0) is 9.47 Å². The molecule has 6 rings (SSSR count). The van der Waals surface area contributed by atoms with E-state index < -0.39 is 0 Å². The standard InChI is InChI=1S/C34H36N6O6/c41-39(42)31-5-1-3-25(21-31)19-27-7-9-29(33(27)37-11-15-45-16-12-37)23-35-36-24-30-10-8-28(34(30)38-13-17-46-18-14-38)20-26-4-2-6-32(22-26)40(43)44/h1-6,19-24H,7-18H2/b27-19+,28-20+,35-23+,36-24+. The Bertz CT molecular complexity index is 1550. The SMILES string of the molecule is O=[N+]([O-])c1cccc(/C=C2\CCC(/C=N/N=C/C3=C(N4CCOCC4)C(=C/c4cccc([N+](=O)[O-])c4)/CC3)=C2N2CCOCC2)c1. The lowest BCUT2D eigenvalue weighted by atomic mass is 10.1. The zero-order valence-electron chi connectivity index (χ0n) is 25.5. The third-order valence-corrected chi connectivity index (χ3v) is 8.54. The quantitative estimate of drug-likeness (QED) is 0.194. The van der Waals surface area contributed by atoms with Crippen molar-refractivity contribution in [2.75, 3.05) is 52.6 Å². The van der Waals surface area contributed by atoms with Gasteiger partial charge in [-0.25, -0.2) is 0 Å². The molecule has 0 radical (unpaired) electrons. The highest BCUT2D eigenvalue weighted by atomic mass is 16.6. The Balaban J connectivity index is 1.28. The largest absolute Gasteiger partial charge is 0.378 e. The summed E-state index contributed by atoms with van der Waals surface area (Å²) < 4.78 is 11.2. The van der Waals surface area contributed by atoms with Gasteiger partial charge in [-0.05, 0) is 71.3 Å².